The molecular weight excluding hydrogens is 472 g/mol. The lowest BCUT2D eigenvalue weighted by molar-refractivity contribution is 0.0816. The van der Waals surface area contributed by atoms with Crippen molar-refractivity contribution in [3.05, 3.63) is 46.7 Å². The Kier molecular flexibility index (Phi) is 7.57. The summed E-state index contributed by atoms with van der Waals surface area (Å²) in [7, 11) is 0. The molecule has 0 saturated heterocycles. The molecule has 0 atom stereocenters. The van der Waals surface area contributed by atoms with Gasteiger partial charge in [0.1, 0.15) is 0 Å². The number of aromatic nitrogens is 3. The second-order valence-corrected chi connectivity index (χ2v) is 10.5. The van der Waals surface area contributed by atoms with Crippen molar-refractivity contribution in [3.63, 3.8) is 0 Å². The van der Waals surface area contributed by atoms with Crippen LogP contribution in [0.15, 0.2) is 30.6 Å². The van der Waals surface area contributed by atoms with Crippen molar-refractivity contribution in [1.29, 1.82) is 0 Å². The number of nitrogens with one attached hydrogen (secondary N) is 1. The van der Waals surface area contributed by atoms with Gasteiger partial charge in [-0.25, -0.2) is 18.3 Å². The molecule has 1 saturated carbocycles. The predicted octanol–water partition coefficient (Wildman–Crippen LogP) is 4.21. The summed E-state index contributed by atoms with van der Waals surface area (Å²) < 4.78 is 31.6. The molecule has 10 heteroatoms. The molecule has 188 valence electrons. The monoisotopic (exact) mass is 503 g/mol. The third-order valence-electron chi connectivity index (χ3n) is 7.13. The molecule has 3 aromatic rings. The first-order valence-electron chi connectivity index (χ1n) is 12.4. The highest BCUT2D eigenvalue weighted by Gasteiger charge is 2.25. The standard InChI is InChI=1S/C25H31F2N5O2S/c26-23(27)16-34-25-30-20-9-14-31(15-10-22(20)35-25)13-8-17-3-5-18(6-4-17)29-24(33)19-2-1-12-32-21(19)7-11-28-32/h1-2,7,11-12,17-18,23H,3-6,8-10,13-16H2,(H,29,33)/t17-,18-. The number of nitrogens with zero attached hydrogens (tertiary/aromatic N) is 4. The number of carbonyl (C=O) groups is 1. The molecule has 1 aliphatic heterocycles. The van der Waals surface area contributed by atoms with Crippen molar-refractivity contribution in [1.82, 2.24) is 24.8 Å². The predicted molar refractivity (Wildman–Crippen MR) is 130 cm³/mol. The highest BCUT2D eigenvalue weighted by atomic mass is 32.1. The second-order valence-electron chi connectivity index (χ2n) is 9.46. The van der Waals surface area contributed by atoms with Gasteiger partial charge in [-0.2, -0.15) is 5.10 Å². The zero-order chi connectivity index (χ0) is 24.2. The van der Waals surface area contributed by atoms with E-state index >= 15 is 0 Å². The van der Waals surface area contributed by atoms with Crippen molar-refractivity contribution >= 4 is 22.8 Å². The van der Waals surface area contributed by atoms with Gasteiger partial charge in [0.05, 0.1) is 23.0 Å². The Morgan fingerprint density at radius 3 is 2.86 bits per heavy atom. The van der Waals surface area contributed by atoms with Gasteiger partial charge >= 0.3 is 0 Å². The lowest BCUT2D eigenvalue weighted by Crippen LogP contribution is -2.38. The first kappa shape index (κ1) is 24.1. The SMILES string of the molecule is O=C(N[C@H]1CC[C@H](CCN2CCc3nc(OCC(F)F)sc3CC2)CC1)c1cccn2nccc12. The van der Waals surface area contributed by atoms with Crippen LogP contribution in [-0.4, -0.2) is 64.1 Å². The number of fused-ring (bicyclic) bond motifs is 2. The van der Waals surface area contributed by atoms with Crippen LogP contribution >= 0.6 is 11.3 Å². The molecule has 0 radical (unpaired) electrons. The zero-order valence-corrected chi connectivity index (χ0v) is 20.5. The Hall–Kier alpha value is -2.59. The van der Waals surface area contributed by atoms with Crippen LogP contribution in [0.4, 0.5) is 8.78 Å². The van der Waals surface area contributed by atoms with E-state index in [1.54, 1.807) is 10.7 Å². The van der Waals surface area contributed by atoms with Crippen molar-refractivity contribution in [2.24, 2.45) is 5.92 Å². The van der Waals surface area contributed by atoms with Crippen molar-refractivity contribution in [2.75, 3.05) is 26.2 Å². The molecule has 0 aromatic carbocycles. The Balaban J connectivity index is 1.04. The van der Waals surface area contributed by atoms with Gasteiger partial charge in [-0.1, -0.05) is 11.3 Å². The van der Waals surface area contributed by atoms with Crippen LogP contribution in [0.2, 0.25) is 0 Å². The first-order chi connectivity index (χ1) is 17.0. The number of carbonyl (C=O) groups excluding carboxylic acids is 1. The smallest absolute Gasteiger partial charge is 0.273 e. The minimum absolute atomic E-state index is 0.0204. The number of pyridine rings is 1. The number of thiazole rings is 1. The highest BCUT2D eigenvalue weighted by Crippen LogP contribution is 2.30. The van der Waals surface area contributed by atoms with E-state index in [1.165, 1.54) is 22.6 Å². The normalized spacial score (nSPS) is 21.1. The summed E-state index contributed by atoms with van der Waals surface area (Å²) in [5.41, 5.74) is 2.51. The van der Waals surface area contributed by atoms with E-state index in [2.05, 4.69) is 20.3 Å². The maximum Gasteiger partial charge on any atom is 0.273 e. The lowest BCUT2D eigenvalue weighted by Gasteiger charge is -2.30. The highest BCUT2D eigenvalue weighted by molar-refractivity contribution is 7.13. The fraction of sp³-hybridized carbons (Fsp3) is 0.560. The molecule has 2 aliphatic rings. The fourth-order valence-corrected chi connectivity index (χ4v) is 6.13. The zero-order valence-electron chi connectivity index (χ0n) is 19.7. The molecule has 5 rings (SSSR count). The number of halogens is 2. The van der Waals surface area contributed by atoms with Gasteiger partial charge in [-0.15, -0.1) is 0 Å². The molecule has 35 heavy (non-hydrogen) atoms. The van der Waals surface area contributed by atoms with E-state index in [0.29, 0.717) is 16.7 Å². The summed E-state index contributed by atoms with van der Waals surface area (Å²) in [6, 6.07) is 5.79. The maximum absolute atomic E-state index is 12.8. The largest absolute Gasteiger partial charge is 0.464 e. The van der Waals surface area contributed by atoms with Crippen molar-refractivity contribution in [3.8, 4) is 5.19 Å². The van der Waals surface area contributed by atoms with E-state index in [4.69, 9.17) is 4.74 Å². The molecule has 3 aromatic heterocycles. The van der Waals surface area contributed by atoms with Crippen molar-refractivity contribution in [2.45, 2.75) is 57.4 Å². The van der Waals surface area contributed by atoms with Crippen LogP contribution in [0.5, 0.6) is 5.19 Å². The molecule has 7 nitrogen and oxygen atoms in total. The third-order valence-corrected chi connectivity index (χ3v) is 8.20. The van der Waals surface area contributed by atoms with Crippen LogP contribution in [0.3, 0.4) is 0 Å². The Morgan fingerprint density at radius 1 is 1.20 bits per heavy atom. The molecule has 1 aliphatic carbocycles. The number of alkyl halides is 2. The van der Waals surface area contributed by atoms with Crippen LogP contribution < -0.4 is 10.1 Å². The van der Waals surface area contributed by atoms with Crippen LogP contribution in [0.25, 0.3) is 5.52 Å². The van der Waals surface area contributed by atoms with Crippen molar-refractivity contribution < 1.29 is 18.3 Å². The minimum atomic E-state index is -2.47. The van der Waals surface area contributed by atoms with Gasteiger partial charge in [-0.3, -0.25) is 4.79 Å². The topological polar surface area (TPSA) is 71.8 Å². The lowest BCUT2D eigenvalue weighted by atomic mass is 9.84. The number of rotatable bonds is 8. The molecule has 0 spiro atoms. The van der Waals surface area contributed by atoms with Crippen LogP contribution in [0.1, 0.15) is 53.0 Å². The third kappa shape index (κ3) is 5.98. The molecule has 1 fully saturated rings. The first-order valence-corrected chi connectivity index (χ1v) is 13.2. The minimum Gasteiger partial charge on any atom is -0.464 e. The molecular formula is C25H31F2N5O2S. The molecule has 0 unspecified atom stereocenters. The summed E-state index contributed by atoms with van der Waals surface area (Å²) >= 11 is 1.41. The Labute approximate surface area is 207 Å². The number of hydrogen-bond acceptors (Lipinski definition) is 6. The maximum atomic E-state index is 12.8. The average molecular weight is 504 g/mol. The average Bonchev–Trinajstić information content (AvgIpc) is 3.45. The van der Waals surface area contributed by atoms with Gasteiger partial charge in [0.15, 0.2) is 6.61 Å². The molecule has 1 amide bonds. The van der Waals surface area contributed by atoms with Crippen LogP contribution in [-0.2, 0) is 12.8 Å². The Morgan fingerprint density at radius 2 is 2.03 bits per heavy atom. The molecule has 0 bridgehead atoms. The van der Waals surface area contributed by atoms with Crippen LogP contribution in [0, 0.1) is 5.92 Å². The number of amides is 1. The van der Waals surface area contributed by atoms with Gasteiger partial charge in [0.25, 0.3) is 17.5 Å². The fourth-order valence-electron chi connectivity index (χ4n) is 5.17. The molecule has 1 N–H and O–H groups in total. The number of hydrogen-bond donors (Lipinski definition) is 1. The van der Waals surface area contributed by atoms with E-state index in [-0.39, 0.29) is 11.9 Å². The summed E-state index contributed by atoms with van der Waals surface area (Å²) in [5, 5.41) is 7.81. The summed E-state index contributed by atoms with van der Waals surface area (Å²) in [6.45, 7) is 2.38. The van der Waals surface area contributed by atoms with Gasteiger partial charge in [0, 0.05) is 36.6 Å². The van der Waals surface area contributed by atoms with E-state index < -0.39 is 13.0 Å². The second kappa shape index (κ2) is 11.0. The Bertz CT molecular complexity index is 1120. The number of ether oxygens (including phenoxy) is 1. The van der Waals surface area contributed by atoms with E-state index in [9.17, 15) is 13.6 Å². The van der Waals surface area contributed by atoms with E-state index in [0.717, 1.165) is 69.4 Å². The van der Waals surface area contributed by atoms with Gasteiger partial charge in [-0.05, 0) is 69.2 Å². The van der Waals surface area contributed by atoms with Gasteiger partial charge < -0.3 is 15.0 Å². The van der Waals surface area contributed by atoms with Gasteiger partial charge in [0.2, 0.25) is 0 Å². The molecule has 4 heterocycles. The summed E-state index contributed by atoms with van der Waals surface area (Å²) in [6.07, 6.45) is 8.28. The quantitative estimate of drug-likeness (QED) is 0.499. The summed E-state index contributed by atoms with van der Waals surface area (Å²) in [4.78, 5) is 20.9. The summed E-state index contributed by atoms with van der Waals surface area (Å²) in [5.74, 6) is 0.666. The van der Waals surface area contributed by atoms with E-state index in [1.807, 2.05) is 24.4 Å².